The summed E-state index contributed by atoms with van der Waals surface area (Å²) in [6.07, 6.45) is 0. The van der Waals surface area contributed by atoms with Crippen molar-refractivity contribution < 1.29 is 14.5 Å². The van der Waals surface area contributed by atoms with Crippen LogP contribution in [0.25, 0.3) is 0 Å². The molecule has 1 unspecified atom stereocenters. The van der Waals surface area contributed by atoms with Crippen LogP contribution in [0.5, 0.6) is 0 Å². The second kappa shape index (κ2) is 7.20. The first kappa shape index (κ1) is 13.9. The molecule has 0 aliphatic heterocycles. The third-order valence-corrected chi connectivity index (χ3v) is 1.86. The number of nitrogens with two attached hydrogens (primary N) is 3. The van der Waals surface area contributed by atoms with Crippen molar-refractivity contribution >= 4 is 5.97 Å². The summed E-state index contributed by atoms with van der Waals surface area (Å²) < 4.78 is 0. The third kappa shape index (κ3) is 4.76. The first-order chi connectivity index (χ1) is 7.14. The molecule has 7 N–H and O–H groups in total. The highest BCUT2D eigenvalue weighted by atomic mass is 16.7. The molecule has 1 atom stereocenters. The van der Waals surface area contributed by atoms with Crippen molar-refractivity contribution in [3.05, 3.63) is 4.91 Å². The zero-order valence-electron chi connectivity index (χ0n) is 8.14. The highest BCUT2D eigenvalue weighted by Crippen LogP contribution is 2.03. The topological polar surface area (TPSA) is 155 Å². The SMILES string of the molecule is NCC(CN=O)(CON)NCC(=O)ON. The Morgan fingerprint density at radius 3 is 2.53 bits per heavy atom. The molecule has 0 aromatic heterocycles. The zero-order valence-corrected chi connectivity index (χ0v) is 8.14. The Kier molecular flexibility index (Phi) is 6.66. The normalized spacial score (nSPS) is 14.3. The van der Waals surface area contributed by atoms with Gasteiger partial charge in [0, 0.05) is 6.54 Å². The van der Waals surface area contributed by atoms with E-state index >= 15 is 0 Å². The maximum Gasteiger partial charge on any atom is 0.338 e. The van der Waals surface area contributed by atoms with Crippen LogP contribution in [0.4, 0.5) is 0 Å². The largest absolute Gasteiger partial charge is 0.372 e. The van der Waals surface area contributed by atoms with Crippen LogP contribution in [-0.2, 0) is 14.5 Å². The van der Waals surface area contributed by atoms with Gasteiger partial charge in [-0.25, -0.2) is 10.7 Å². The van der Waals surface area contributed by atoms with Crippen molar-refractivity contribution in [2.45, 2.75) is 5.54 Å². The molecule has 88 valence electrons. The lowest BCUT2D eigenvalue weighted by molar-refractivity contribution is -0.143. The highest BCUT2D eigenvalue weighted by molar-refractivity contribution is 5.71. The molecule has 0 saturated carbocycles. The van der Waals surface area contributed by atoms with Crippen molar-refractivity contribution in [2.24, 2.45) is 22.7 Å². The molecule has 9 heteroatoms. The number of rotatable bonds is 8. The number of nitrogens with one attached hydrogen (secondary N) is 1. The first-order valence-electron chi connectivity index (χ1n) is 4.09. The van der Waals surface area contributed by atoms with Crippen LogP contribution in [0.3, 0.4) is 0 Å². The molecule has 15 heavy (non-hydrogen) atoms. The molecule has 0 spiro atoms. The number of hydrogen-bond acceptors (Lipinski definition) is 9. The van der Waals surface area contributed by atoms with Gasteiger partial charge in [0.25, 0.3) is 0 Å². The van der Waals surface area contributed by atoms with E-state index in [0.717, 1.165) is 0 Å². The minimum absolute atomic E-state index is 0.0216. The van der Waals surface area contributed by atoms with E-state index in [1.807, 2.05) is 0 Å². The molecule has 0 aromatic rings. The number of hydrogen-bond donors (Lipinski definition) is 4. The van der Waals surface area contributed by atoms with Crippen LogP contribution >= 0.6 is 0 Å². The average Bonchev–Trinajstić information content (AvgIpc) is 2.26. The van der Waals surface area contributed by atoms with Crippen molar-refractivity contribution in [1.29, 1.82) is 0 Å². The Labute approximate surface area is 86.1 Å². The zero-order chi connectivity index (χ0) is 11.7. The summed E-state index contributed by atoms with van der Waals surface area (Å²) in [7, 11) is 0. The van der Waals surface area contributed by atoms with Gasteiger partial charge in [0.15, 0.2) is 0 Å². The molecule has 0 radical (unpaired) electrons. The summed E-state index contributed by atoms with van der Waals surface area (Å²) in [6, 6.07) is 0. The molecule has 0 aliphatic carbocycles. The van der Waals surface area contributed by atoms with Gasteiger partial charge in [-0.2, -0.15) is 10.8 Å². The molecular weight excluding hydrogens is 206 g/mol. The molecule has 0 aliphatic rings. The molecule has 9 nitrogen and oxygen atoms in total. The molecular formula is C6H15N5O4. The van der Waals surface area contributed by atoms with Gasteiger partial charge in [-0.05, 0) is 0 Å². The summed E-state index contributed by atoms with van der Waals surface area (Å²) in [5.41, 5.74) is 4.45. The van der Waals surface area contributed by atoms with Gasteiger partial charge in [-0.3, -0.25) is 5.32 Å². The predicted molar refractivity (Wildman–Crippen MR) is 50.9 cm³/mol. The van der Waals surface area contributed by atoms with E-state index in [0.29, 0.717) is 0 Å². The Morgan fingerprint density at radius 1 is 1.47 bits per heavy atom. The van der Waals surface area contributed by atoms with Crippen LogP contribution < -0.4 is 22.8 Å². The van der Waals surface area contributed by atoms with E-state index in [9.17, 15) is 9.70 Å². The van der Waals surface area contributed by atoms with Gasteiger partial charge in [0.1, 0.15) is 6.54 Å². The second-order valence-electron chi connectivity index (χ2n) is 2.93. The van der Waals surface area contributed by atoms with Gasteiger partial charge in [0.05, 0.1) is 18.7 Å². The Balaban J connectivity index is 4.32. The Bertz CT molecular complexity index is 214. The van der Waals surface area contributed by atoms with Crippen molar-refractivity contribution in [2.75, 3.05) is 26.2 Å². The fourth-order valence-corrected chi connectivity index (χ4v) is 0.933. The number of nitrogens with zero attached hydrogens (tertiary/aromatic N) is 1. The highest BCUT2D eigenvalue weighted by Gasteiger charge is 2.30. The molecule has 0 heterocycles. The summed E-state index contributed by atoms with van der Waals surface area (Å²) >= 11 is 0. The summed E-state index contributed by atoms with van der Waals surface area (Å²) in [5, 5.41) is 5.35. The Hall–Kier alpha value is -1.13. The number of nitroso groups, excluding NO2 is 1. The number of carbonyl (C=O) groups is 1. The van der Waals surface area contributed by atoms with Crippen molar-refractivity contribution in [3.63, 3.8) is 0 Å². The fourth-order valence-electron chi connectivity index (χ4n) is 0.933. The molecule has 0 bridgehead atoms. The van der Waals surface area contributed by atoms with E-state index in [4.69, 9.17) is 11.6 Å². The van der Waals surface area contributed by atoms with E-state index in [-0.39, 0.29) is 26.2 Å². The second-order valence-corrected chi connectivity index (χ2v) is 2.93. The molecule has 0 rings (SSSR count). The smallest absolute Gasteiger partial charge is 0.338 e. The summed E-state index contributed by atoms with van der Waals surface area (Å²) in [6.45, 7) is -0.438. The molecule has 0 fully saturated rings. The average molecular weight is 221 g/mol. The van der Waals surface area contributed by atoms with Gasteiger partial charge in [-0.1, -0.05) is 5.18 Å². The molecule has 0 saturated heterocycles. The maximum atomic E-state index is 10.8. The standard InChI is InChI=1S/C6H15N5O4/c7-2-6(3-11-13,4-14-8)10-1-5(12)15-9/h10H,1-4,7-9H2. The van der Waals surface area contributed by atoms with Gasteiger partial charge < -0.3 is 15.4 Å². The van der Waals surface area contributed by atoms with Crippen LogP contribution in [0.1, 0.15) is 0 Å². The van der Waals surface area contributed by atoms with Crippen molar-refractivity contribution in [1.82, 2.24) is 5.32 Å². The maximum absolute atomic E-state index is 10.8. The minimum Gasteiger partial charge on any atom is -0.372 e. The van der Waals surface area contributed by atoms with Gasteiger partial charge in [-0.15, -0.1) is 0 Å². The predicted octanol–water partition coefficient (Wildman–Crippen LogP) is -2.65. The lowest BCUT2D eigenvalue weighted by Crippen LogP contribution is -2.59. The fraction of sp³-hybridized carbons (Fsp3) is 0.833. The van der Waals surface area contributed by atoms with E-state index in [2.05, 4.69) is 26.1 Å². The van der Waals surface area contributed by atoms with Crippen LogP contribution in [0.15, 0.2) is 5.18 Å². The minimum atomic E-state index is -0.981. The monoisotopic (exact) mass is 221 g/mol. The van der Waals surface area contributed by atoms with E-state index < -0.39 is 11.5 Å². The van der Waals surface area contributed by atoms with Gasteiger partial charge in [0.2, 0.25) is 0 Å². The third-order valence-electron chi connectivity index (χ3n) is 1.86. The molecule has 0 amide bonds. The first-order valence-corrected chi connectivity index (χ1v) is 4.09. The van der Waals surface area contributed by atoms with Gasteiger partial charge >= 0.3 is 5.97 Å². The molecule has 0 aromatic carbocycles. The van der Waals surface area contributed by atoms with Crippen LogP contribution in [0, 0.1) is 4.91 Å². The lowest BCUT2D eigenvalue weighted by Gasteiger charge is -2.29. The number of carbonyl (C=O) groups excluding carboxylic acids is 1. The summed E-state index contributed by atoms with van der Waals surface area (Å²) in [4.78, 5) is 29.3. The van der Waals surface area contributed by atoms with Crippen molar-refractivity contribution in [3.8, 4) is 0 Å². The van der Waals surface area contributed by atoms with E-state index in [1.54, 1.807) is 0 Å². The van der Waals surface area contributed by atoms with E-state index in [1.165, 1.54) is 0 Å². The van der Waals surface area contributed by atoms with Crippen LogP contribution in [-0.4, -0.2) is 37.7 Å². The lowest BCUT2D eigenvalue weighted by atomic mass is 10.0. The van der Waals surface area contributed by atoms with Crippen LogP contribution in [0.2, 0.25) is 0 Å². The quantitative estimate of drug-likeness (QED) is 0.256. The Morgan fingerprint density at radius 2 is 2.13 bits per heavy atom. The summed E-state index contributed by atoms with van der Waals surface area (Å²) in [5.74, 6) is 8.81.